The molecule has 8 heteroatoms. The van der Waals surface area contributed by atoms with E-state index in [1.165, 1.54) is 0 Å². The van der Waals surface area contributed by atoms with Crippen LogP contribution in [0.5, 0.6) is 0 Å². The number of carbonyl (C=O) groups is 1. The van der Waals surface area contributed by atoms with Gasteiger partial charge in [-0.15, -0.1) is 0 Å². The number of H-pyrrole nitrogens is 2. The summed E-state index contributed by atoms with van der Waals surface area (Å²) in [4.78, 5) is 42.2. The summed E-state index contributed by atoms with van der Waals surface area (Å²) in [6.45, 7) is 0.724. The van der Waals surface area contributed by atoms with E-state index >= 15 is 0 Å². The van der Waals surface area contributed by atoms with Gasteiger partial charge in [-0.3, -0.25) is 14.6 Å². The maximum absolute atomic E-state index is 12.5. The minimum Gasteiger partial charge on any atom is -0.337 e. The summed E-state index contributed by atoms with van der Waals surface area (Å²) in [6, 6.07) is 5.86. The molecule has 1 aliphatic heterocycles. The Kier molecular flexibility index (Phi) is 4.72. The molecule has 0 bridgehead atoms. The number of halogens is 2. The highest BCUT2D eigenvalue weighted by molar-refractivity contribution is 14.1. The third kappa shape index (κ3) is 3.74. The number of nitrogens with zero attached hydrogens (tertiary/aromatic N) is 1. The van der Waals surface area contributed by atoms with E-state index in [0.29, 0.717) is 24.2 Å². The van der Waals surface area contributed by atoms with Crippen LogP contribution in [0.3, 0.4) is 0 Å². The Bertz CT molecular complexity index is 870. The SMILES string of the molecule is O=C(Cc1cc(Br)cc(I)c1)N1CCc2[nH]c(=O)[nH]c(=O)c2C1. The Labute approximate surface area is 153 Å². The number of benzene rings is 1. The normalized spacial score (nSPS) is 13.7. The maximum Gasteiger partial charge on any atom is 0.325 e. The van der Waals surface area contributed by atoms with Crippen molar-refractivity contribution >= 4 is 44.4 Å². The monoisotopic (exact) mass is 489 g/mol. The lowest BCUT2D eigenvalue weighted by molar-refractivity contribution is -0.131. The van der Waals surface area contributed by atoms with Crippen LogP contribution in [0.2, 0.25) is 0 Å². The second kappa shape index (κ2) is 6.60. The Hall–Kier alpha value is -1.42. The fourth-order valence-electron chi connectivity index (χ4n) is 2.67. The standard InChI is InChI=1S/C15H13BrIN3O3/c16-9-3-8(4-10(17)6-9)5-13(21)20-2-1-12-11(7-20)14(22)19-15(23)18-12/h3-4,6H,1-2,5,7H2,(H2,18,19,22,23). The molecular weight excluding hydrogens is 477 g/mol. The molecule has 0 aliphatic carbocycles. The molecule has 6 nitrogen and oxygen atoms in total. The number of carbonyl (C=O) groups excluding carboxylic acids is 1. The number of amides is 1. The molecule has 23 heavy (non-hydrogen) atoms. The fraction of sp³-hybridized carbons (Fsp3) is 0.267. The number of hydrogen-bond acceptors (Lipinski definition) is 3. The van der Waals surface area contributed by atoms with Crippen LogP contribution in [0.15, 0.2) is 32.3 Å². The van der Waals surface area contributed by atoms with Gasteiger partial charge in [0, 0.05) is 26.7 Å². The number of aromatic amines is 2. The van der Waals surface area contributed by atoms with E-state index < -0.39 is 11.2 Å². The van der Waals surface area contributed by atoms with Crippen LogP contribution in [0, 0.1) is 3.57 Å². The first kappa shape index (κ1) is 16.4. The highest BCUT2D eigenvalue weighted by atomic mass is 127. The molecule has 1 aromatic carbocycles. The molecule has 2 heterocycles. The molecule has 0 saturated heterocycles. The van der Waals surface area contributed by atoms with Gasteiger partial charge in [-0.2, -0.15) is 0 Å². The molecule has 1 aromatic heterocycles. The number of hydrogen-bond donors (Lipinski definition) is 2. The van der Waals surface area contributed by atoms with Crippen molar-refractivity contribution in [3.8, 4) is 0 Å². The van der Waals surface area contributed by atoms with Gasteiger partial charge in [-0.05, 0) is 46.4 Å². The van der Waals surface area contributed by atoms with Gasteiger partial charge in [0.15, 0.2) is 0 Å². The third-order valence-corrected chi connectivity index (χ3v) is 4.82. The molecule has 0 saturated carbocycles. The van der Waals surface area contributed by atoms with Gasteiger partial charge in [0.25, 0.3) is 5.56 Å². The van der Waals surface area contributed by atoms with Crippen LogP contribution < -0.4 is 11.2 Å². The quantitative estimate of drug-likeness (QED) is 0.628. The highest BCUT2D eigenvalue weighted by Crippen LogP contribution is 2.19. The largest absolute Gasteiger partial charge is 0.337 e. The lowest BCUT2D eigenvalue weighted by Gasteiger charge is -2.27. The predicted octanol–water partition coefficient (Wildman–Crippen LogP) is 1.56. The summed E-state index contributed by atoms with van der Waals surface area (Å²) in [7, 11) is 0. The van der Waals surface area contributed by atoms with E-state index in [4.69, 9.17) is 0 Å². The van der Waals surface area contributed by atoms with Crippen molar-refractivity contribution < 1.29 is 4.79 Å². The summed E-state index contributed by atoms with van der Waals surface area (Å²) < 4.78 is 1.99. The molecule has 0 atom stereocenters. The second-order valence-electron chi connectivity index (χ2n) is 5.39. The molecule has 0 radical (unpaired) electrons. The molecule has 2 aromatic rings. The summed E-state index contributed by atoms with van der Waals surface area (Å²) in [5, 5.41) is 0. The van der Waals surface area contributed by atoms with Crippen molar-refractivity contribution in [2.45, 2.75) is 19.4 Å². The van der Waals surface area contributed by atoms with E-state index in [-0.39, 0.29) is 18.9 Å². The van der Waals surface area contributed by atoms with E-state index in [1.807, 2.05) is 18.2 Å². The van der Waals surface area contributed by atoms with Gasteiger partial charge in [0.2, 0.25) is 5.91 Å². The Morgan fingerprint density at radius 1 is 1.26 bits per heavy atom. The lowest BCUT2D eigenvalue weighted by Crippen LogP contribution is -2.42. The zero-order valence-electron chi connectivity index (χ0n) is 12.0. The van der Waals surface area contributed by atoms with Crippen LogP contribution >= 0.6 is 38.5 Å². The molecule has 120 valence electrons. The van der Waals surface area contributed by atoms with E-state index in [0.717, 1.165) is 13.6 Å². The predicted molar refractivity (Wildman–Crippen MR) is 97.4 cm³/mol. The molecule has 1 aliphatic rings. The van der Waals surface area contributed by atoms with E-state index in [2.05, 4.69) is 48.5 Å². The fourth-order valence-corrected chi connectivity index (χ4v) is 4.37. The molecular formula is C15H13BrIN3O3. The van der Waals surface area contributed by atoms with Crippen molar-refractivity contribution in [2.24, 2.45) is 0 Å². The Morgan fingerprint density at radius 3 is 2.78 bits per heavy atom. The van der Waals surface area contributed by atoms with Crippen LogP contribution in [-0.4, -0.2) is 27.3 Å². The van der Waals surface area contributed by atoms with Gasteiger partial charge >= 0.3 is 5.69 Å². The number of aromatic nitrogens is 2. The van der Waals surface area contributed by atoms with Gasteiger partial charge in [-0.25, -0.2) is 4.79 Å². The van der Waals surface area contributed by atoms with E-state index in [1.54, 1.807) is 4.90 Å². The van der Waals surface area contributed by atoms with Crippen molar-refractivity contribution in [1.29, 1.82) is 0 Å². The first-order chi connectivity index (χ1) is 10.9. The topological polar surface area (TPSA) is 86.0 Å². The van der Waals surface area contributed by atoms with Crippen LogP contribution in [0.4, 0.5) is 0 Å². The Balaban J connectivity index is 1.79. The third-order valence-electron chi connectivity index (χ3n) is 3.74. The van der Waals surface area contributed by atoms with Crippen molar-refractivity contribution in [2.75, 3.05) is 6.54 Å². The van der Waals surface area contributed by atoms with Crippen LogP contribution in [-0.2, 0) is 24.2 Å². The highest BCUT2D eigenvalue weighted by Gasteiger charge is 2.23. The summed E-state index contributed by atoms with van der Waals surface area (Å²) in [6.07, 6.45) is 0.766. The minimum absolute atomic E-state index is 0.0323. The number of nitrogens with one attached hydrogen (secondary N) is 2. The zero-order chi connectivity index (χ0) is 16.6. The molecule has 2 N–H and O–H groups in total. The molecule has 3 rings (SSSR count). The lowest BCUT2D eigenvalue weighted by atomic mass is 10.1. The molecule has 1 amide bonds. The molecule has 0 unspecified atom stereocenters. The summed E-state index contributed by atoms with van der Waals surface area (Å²) in [5.74, 6) is -0.0323. The number of fused-ring (bicyclic) bond motifs is 1. The van der Waals surface area contributed by atoms with Crippen LogP contribution in [0.1, 0.15) is 16.8 Å². The Morgan fingerprint density at radius 2 is 2.04 bits per heavy atom. The van der Waals surface area contributed by atoms with Crippen LogP contribution in [0.25, 0.3) is 0 Å². The first-order valence-corrected chi connectivity index (χ1v) is 8.86. The smallest absolute Gasteiger partial charge is 0.325 e. The maximum atomic E-state index is 12.5. The average molecular weight is 490 g/mol. The van der Waals surface area contributed by atoms with Crippen molar-refractivity contribution in [1.82, 2.24) is 14.9 Å². The molecule has 0 fully saturated rings. The van der Waals surface area contributed by atoms with Gasteiger partial charge in [0.1, 0.15) is 0 Å². The molecule has 0 spiro atoms. The second-order valence-corrected chi connectivity index (χ2v) is 7.55. The van der Waals surface area contributed by atoms with Crippen molar-refractivity contribution in [3.63, 3.8) is 0 Å². The first-order valence-electron chi connectivity index (χ1n) is 6.99. The zero-order valence-corrected chi connectivity index (χ0v) is 15.7. The summed E-state index contributed by atoms with van der Waals surface area (Å²) in [5.41, 5.74) is 1.10. The van der Waals surface area contributed by atoms with Gasteiger partial charge in [-0.1, -0.05) is 15.9 Å². The minimum atomic E-state index is -0.503. The summed E-state index contributed by atoms with van der Waals surface area (Å²) >= 11 is 5.63. The van der Waals surface area contributed by atoms with Gasteiger partial charge in [0.05, 0.1) is 18.5 Å². The van der Waals surface area contributed by atoms with Crippen molar-refractivity contribution in [3.05, 3.63) is 63.9 Å². The van der Waals surface area contributed by atoms with E-state index in [9.17, 15) is 14.4 Å². The number of rotatable bonds is 2. The van der Waals surface area contributed by atoms with Gasteiger partial charge < -0.3 is 9.88 Å². The average Bonchev–Trinajstić information content (AvgIpc) is 2.45.